The SMILES string of the molecule is Cn1cc(-c2cccc3c2C(=O)CCC3)cn1. The zero-order chi connectivity index (χ0) is 11.8. The zero-order valence-corrected chi connectivity index (χ0v) is 9.81. The fourth-order valence-electron chi connectivity index (χ4n) is 2.50. The molecular formula is C14H14N2O. The normalized spacial score (nSPS) is 14.8. The fraction of sp³-hybridized carbons (Fsp3) is 0.286. The van der Waals surface area contributed by atoms with Crippen molar-refractivity contribution < 1.29 is 4.79 Å². The number of fused-ring (bicyclic) bond motifs is 1. The Balaban J connectivity index is 2.20. The predicted octanol–water partition coefficient (Wildman–Crippen LogP) is 2.61. The van der Waals surface area contributed by atoms with Crippen LogP contribution in [0.2, 0.25) is 0 Å². The van der Waals surface area contributed by atoms with E-state index in [-0.39, 0.29) is 5.78 Å². The number of hydrogen-bond acceptors (Lipinski definition) is 2. The van der Waals surface area contributed by atoms with Crippen LogP contribution in [0.4, 0.5) is 0 Å². The van der Waals surface area contributed by atoms with Crippen LogP contribution in [0, 0.1) is 0 Å². The molecule has 3 heteroatoms. The summed E-state index contributed by atoms with van der Waals surface area (Å²) in [6, 6.07) is 6.10. The van der Waals surface area contributed by atoms with Crippen molar-refractivity contribution >= 4 is 5.78 Å². The molecule has 0 aliphatic heterocycles. The highest BCUT2D eigenvalue weighted by Crippen LogP contribution is 2.31. The summed E-state index contributed by atoms with van der Waals surface area (Å²) >= 11 is 0. The van der Waals surface area contributed by atoms with Crippen molar-refractivity contribution in [2.75, 3.05) is 0 Å². The standard InChI is InChI=1S/C14H14N2O/c1-16-9-11(8-15-16)12-6-2-4-10-5-3-7-13(17)14(10)12/h2,4,6,8-9H,3,5,7H2,1H3. The number of nitrogens with zero attached hydrogens (tertiary/aromatic N) is 2. The number of carbonyl (C=O) groups excluding carboxylic acids is 1. The van der Waals surface area contributed by atoms with Gasteiger partial charge in [-0.15, -0.1) is 0 Å². The average Bonchev–Trinajstić information content (AvgIpc) is 2.75. The van der Waals surface area contributed by atoms with E-state index in [1.165, 1.54) is 5.56 Å². The van der Waals surface area contributed by atoms with Crippen LogP contribution < -0.4 is 0 Å². The number of ketones is 1. The molecule has 86 valence electrons. The first-order valence-electron chi connectivity index (χ1n) is 5.90. The molecule has 0 saturated carbocycles. The third-order valence-electron chi connectivity index (χ3n) is 3.30. The first-order chi connectivity index (χ1) is 8.25. The Morgan fingerprint density at radius 1 is 1.29 bits per heavy atom. The summed E-state index contributed by atoms with van der Waals surface area (Å²) < 4.78 is 1.77. The van der Waals surface area contributed by atoms with E-state index in [0.717, 1.165) is 29.5 Å². The van der Waals surface area contributed by atoms with E-state index in [9.17, 15) is 4.79 Å². The molecule has 0 bridgehead atoms. The summed E-state index contributed by atoms with van der Waals surface area (Å²) in [5.41, 5.74) is 4.15. The van der Waals surface area contributed by atoms with Crippen molar-refractivity contribution in [2.45, 2.75) is 19.3 Å². The number of aromatic nitrogens is 2. The maximum atomic E-state index is 12.1. The lowest BCUT2D eigenvalue weighted by atomic mass is 9.86. The third kappa shape index (κ3) is 1.68. The summed E-state index contributed by atoms with van der Waals surface area (Å²) in [6.07, 6.45) is 6.43. The molecule has 2 aromatic rings. The highest BCUT2D eigenvalue weighted by molar-refractivity contribution is 6.04. The summed E-state index contributed by atoms with van der Waals surface area (Å²) in [5, 5.41) is 4.17. The van der Waals surface area contributed by atoms with E-state index < -0.39 is 0 Å². The van der Waals surface area contributed by atoms with Crippen LogP contribution in [-0.2, 0) is 13.5 Å². The van der Waals surface area contributed by atoms with Crippen LogP contribution in [0.3, 0.4) is 0 Å². The molecule has 1 aliphatic carbocycles. The first kappa shape index (κ1) is 10.3. The largest absolute Gasteiger partial charge is 0.294 e. The Morgan fingerprint density at radius 2 is 2.18 bits per heavy atom. The van der Waals surface area contributed by atoms with Crippen molar-refractivity contribution in [3.8, 4) is 11.1 Å². The van der Waals surface area contributed by atoms with Gasteiger partial charge in [-0.05, 0) is 24.0 Å². The highest BCUT2D eigenvalue weighted by Gasteiger charge is 2.21. The minimum atomic E-state index is 0.269. The Kier molecular flexibility index (Phi) is 2.32. The number of hydrogen-bond donors (Lipinski definition) is 0. The molecule has 17 heavy (non-hydrogen) atoms. The third-order valence-corrected chi connectivity index (χ3v) is 3.30. The minimum absolute atomic E-state index is 0.269. The van der Waals surface area contributed by atoms with E-state index in [1.54, 1.807) is 4.68 Å². The quantitative estimate of drug-likeness (QED) is 0.749. The summed E-state index contributed by atoms with van der Waals surface area (Å²) in [7, 11) is 1.89. The Labute approximate surface area is 100 Å². The lowest BCUT2D eigenvalue weighted by Gasteiger charge is -2.17. The van der Waals surface area contributed by atoms with Crippen LogP contribution in [0.1, 0.15) is 28.8 Å². The van der Waals surface area contributed by atoms with Gasteiger partial charge in [-0.25, -0.2) is 0 Å². The average molecular weight is 226 g/mol. The molecular weight excluding hydrogens is 212 g/mol. The van der Waals surface area contributed by atoms with Gasteiger partial charge in [0.15, 0.2) is 5.78 Å². The summed E-state index contributed by atoms with van der Waals surface area (Å²) in [6.45, 7) is 0. The van der Waals surface area contributed by atoms with Gasteiger partial charge in [-0.3, -0.25) is 9.48 Å². The molecule has 1 aliphatic rings. The minimum Gasteiger partial charge on any atom is -0.294 e. The van der Waals surface area contributed by atoms with Gasteiger partial charge < -0.3 is 0 Å². The van der Waals surface area contributed by atoms with Crippen LogP contribution in [0.15, 0.2) is 30.6 Å². The molecule has 0 saturated heterocycles. The van der Waals surface area contributed by atoms with E-state index in [4.69, 9.17) is 0 Å². The molecule has 0 unspecified atom stereocenters. The number of benzene rings is 1. The van der Waals surface area contributed by atoms with Gasteiger partial charge in [0.25, 0.3) is 0 Å². The molecule has 1 aromatic heterocycles. The Bertz CT molecular complexity index is 584. The van der Waals surface area contributed by atoms with Crippen molar-refractivity contribution in [1.29, 1.82) is 0 Å². The second-order valence-electron chi connectivity index (χ2n) is 4.52. The van der Waals surface area contributed by atoms with Gasteiger partial charge in [0.1, 0.15) is 0 Å². The molecule has 0 spiro atoms. The lowest BCUT2D eigenvalue weighted by Crippen LogP contribution is -2.12. The van der Waals surface area contributed by atoms with Crippen LogP contribution >= 0.6 is 0 Å². The number of carbonyl (C=O) groups is 1. The van der Waals surface area contributed by atoms with Gasteiger partial charge in [0, 0.05) is 30.8 Å². The van der Waals surface area contributed by atoms with Gasteiger partial charge in [-0.1, -0.05) is 18.2 Å². The van der Waals surface area contributed by atoms with E-state index in [2.05, 4.69) is 11.2 Å². The topological polar surface area (TPSA) is 34.9 Å². The van der Waals surface area contributed by atoms with Crippen LogP contribution in [0.25, 0.3) is 11.1 Å². The number of rotatable bonds is 1. The second kappa shape index (κ2) is 3.84. The van der Waals surface area contributed by atoms with Crippen LogP contribution in [0.5, 0.6) is 0 Å². The van der Waals surface area contributed by atoms with Gasteiger partial charge in [0.2, 0.25) is 0 Å². The van der Waals surface area contributed by atoms with Crippen molar-refractivity contribution in [2.24, 2.45) is 7.05 Å². The molecule has 1 aromatic carbocycles. The molecule has 0 amide bonds. The van der Waals surface area contributed by atoms with Crippen molar-refractivity contribution in [3.05, 3.63) is 41.7 Å². The number of Topliss-reactive ketones (excluding diaryl/α,β-unsaturated/α-hetero) is 1. The summed E-state index contributed by atoms with van der Waals surface area (Å²) in [4.78, 5) is 12.1. The fourth-order valence-corrected chi connectivity index (χ4v) is 2.50. The molecule has 0 atom stereocenters. The van der Waals surface area contributed by atoms with Gasteiger partial charge >= 0.3 is 0 Å². The first-order valence-corrected chi connectivity index (χ1v) is 5.90. The van der Waals surface area contributed by atoms with Crippen LogP contribution in [-0.4, -0.2) is 15.6 Å². The molecule has 3 nitrogen and oxygen atoms in total. The van der Waals surface area contributed by atoms with Crippen molar-refractivity contribution in [1.82, 2.24) is 9.78 Å². The summed E-state index contributed by atoms with van der Waals surface area (Å²) in [5.74, 6) is 0.269. The molecule has 0 fully saturated rings. The molecule has 0 radical (unpaired) electrons. The Hall–Kier alpha value is -1.90. The predicted molar refractivity (Wildman–Crippen MR) is 65.9 cm³/mol. The number of aryl methyl sites for hydroxylation is 2. The maximum absolute atomic E-state index is 12.1. The highest BCUT2D eigenvalue weighted by atomic mass is 16.1. The van der Waals surface area contributed by atoms with E-state index >= 15 is 0 Å². The van der Waals surface area contributed by atoms with Gasteiger partial charge in [-0.2, -0.15) is 5.10 Å². The van der Waals surface area contributed by atoms with Gasteiger partial charge in [0.05, 0.1) is 6.20 Å². The lowest BCUT2D eigenvalue weighted by molar-refractivity contribution is 0.0973. The molecule has 1 heterocycles. The molecule has 0 N–H and O–H groups in total. The monoisotopic (exact) mass is 226 g/mol. The zero-order valence-electron chi connectivity index (χ0n) is 9.81. The van der Waals surface area contributed by atoms with E-state index in [0.29, 0.717) is 6.42 Å². The maximum Gasteiger partial charge on any atom is 0.163 e. The Morgan fingerprint density at radius 3 is 2.94 bits per heavy atom. The molecule has 3 rings (SSSR count). The second-order valence-corrected chi connectivity index (χ2v) is 4.52. The smallest absolute Gasteiger partial charge is 0.163 e. The van der Waals surface area contributed by atoms with E-state index in [1.807, 2.05) is 31.6 Å². The van der Waals surface area contributed by atoms with Crippen molar-refractivity contribution in [3.63, 3.8) is 0 Å².